The van der Waals surface area contributed by atoms with Gasteiger partial charge in [-0.3, -0.25) is 19.1 Å². The molecule has 3 aromatic rings. The second-order valence-corrected chi connectivity index (χ2v) is 8.49. The number of halogens is 1. The molecule has 0 aliphatic heterocycles. The number of nitrogens with zero attached hydrogens (tertiary/aromatic N) is 3. The number of amides is 3. The van der Waals surface area contributed by atoms with Crippen LogP contribution in [0.4, 0.5) is 0 Å². The standard InChI is InChI=1S/C23H24ClN5O3/c1-14-8-15(10-16(24)9-14)11-26-20(30)12-28(17-6-7-17)21(31)13-29-19-5-3-2-4-18(19)22(27-29)23(25)32/h2-5,8-10,17H,6-7,11-13H2,1H3,(H2,25,32)(H,26,30). The zero-order chi connectivity index (χ0) is 22.8. The maximum atomic E-state index is 13.1. The summed E-state index contributed by atoms with van der Waals surface area (Å²) in [5.74, 6) is -1.13. The predicted molar refractivity (Wildman–Crippen MR) is 121 cm³/mol. The number of rotatable bonds is 8. The van der Waals surface area contributed by atoms with Crippen LogP contribution in [0.25, 0.3) is 10.9 Å². The van der Waals surface area contributed by atoms with Crippen LogP contribution in [0.1, 0.15) is 34.5 Å². The van der Waals surface area contributed by atoms with E-state index in [-0.39, 0.29) is 36.6 Å². The van der Waals surface area contributed by atoms with E-state index in [0.717, 1.165) is 24.0 Å². The van der Waals surface area contributed by atoms with Crippen molar-refractivity contribution in [2.24, 2.45) is 5.73 Å². The summed E-state index contributed by atoms with van der Waals surface area (Å²) >= 11 is 6.08. The fraction of sp³-hybridized carbons (Fsp3) is 0.304. The number of nitrogens with one attached hydrogen (secondary N) is 1. The molecule has 0 bridgehead atoms. The third-order valence-electron chi connectivity index (χ3n) is 5.39. The van der Waals surface area contributed by atoms with E-state index in [1.54, 1.807) is 35.2 Å². The Hall–Kier alpha value is -3.39. The van der Waals surface area contributed by atoms with Crippen LogP contribution < -0.4 is 11.1 Å². The molecule has 3 N–H and O–H groups in total. The molecule has 9 heteroatoms. The fourth-order valence-corrected chi connectivity index (χ4v) is 4.09. The Bertz CT molecular complexity index is 1180. The summed E-state index contributed by atoms with van der Waals surface area (Å²) in [6.45, 7) is 2.15. The van der Waals surface area contributed by atoms with Crippen LogP contribution in [-0.2, 0) is 22.7 Å². The van der Waals surface area contributed by atoms with Crippen molar-refractivity contribution in [3.05, 3.63) is 64.3 Å². The lowest BCUT2D eigenvalue weighted by Gasteiger charge is -2.22. The van der Waals surface area contributed by atoms with E-state index in [1.807, 2.05) is 19.1 Å². The topological polar surface area (TPSA) is 110 Å². The minimum Gasteiger partial charge on any atom is -0.364 e. The van der Waals surface area contributed by atoms with Crippen molar-refractivity contribution in [3.8, 4) is 0 Å². The van der Waals surface area contributed by atoms with Crippen molar-refractivity contribution in [2.45, 2.75) is 38.9 Å². The van der Waals surface area contributed by atoms with E-state index in [9.17, 15) is 14.4 Å². The minimum absolute atomic E-state index is 0.0368. The van der Waals surface area contributed by atoms with Crippen LogP contribution in [0, 0.1) is 6.92 Å². The van der Waals surface area contributed by atoms with Crippen LogP contribution >= 0.6 is 11.6 Å². The Morgan fingerprint density at radius 2 is 1.97 bits per heavy atom. The van der Waals surface area contributed by atoms with E-state index < -0.39 is 5.91 Å². The molecule has 4 rings (SSSR count). The third kappa shape index (κ3) is 4.91. The molecular formula is C23H24ClN5O3. The Kier molecular flexibility index (Phi) is 6.14. The van der Waals surface area contributed by atoms with Gasteiger partial charge >= 0.3 is 0 Å². The fourth-order valence-electron chi connectivity index (χ4n) is 3.78. The van der Waals surface area contributed by atoms with Crippen LogP contribution in [0.3, 0.4) is 0 Å². The Morgan fingerprint density at radius 1 is 1.22 bits per heavy atom. The van der Waals surface area contributed by atoms with Gasteiger partial charge < -0.3 is 16.0 Å². The number of aryl methyl sites for hydroxylation is 1. The molecule has 0 unspecified atom stereocenters. The maximum Gasteiger partial charge on any atom is 0.269 e. The van der Waals surface area contributed by atoms with Gasteiger partial charge in [0, 0.05) is 23.0 Å². The van der Waals surface area contributed by atoms with Gasteiger partial charge in [0.15, 0.2) is 5.69 Å². The Labute approximate surface area is 190 Å². The zero-order valence-corrected chi connectivity index (χ0v) is 18.4. The summed E-state index contributed by atoms with van der Waals surface area (Å²) in [6, 6.07) is 12.8. The van der Waals surface area contributed by atoms with Crippen molar-refractivity contribution in [1.29, 1.82) is 0 Å². The predicted octanol–water partition coefficient (Wildman–Crippen LogP) is 2.40. The SMILES string of the molecule is Cc1cc(Cl)cc(CNC(=O)CN(C(=O)Cn2nc(C(N)=O)c3ccccc32)C2CC2)c1. The molecule has 3 amide bonds. The lowest BCUT2D eigenvalue weighted by Crippen LogP contribution is -2.43. The molecule has 0 atom stereocenters. The monoisotopic (exact) mass is 453 g/mol. The van der Waals surface area contributed by atoms with E-state index >= 15 is 0 Å². The number of carbonyl (C=O) groups is 3. The number of nitrogens with two attached hydrogens (primary N) is 1. The van der Waals surface area contributed by atoms with E-state index in [2.05, 4.69) is 10.4 Å². The second-order valence-electron chi connectivity index (χ2n) is 8.05. The van der Waals surface area contributed by atoms with Gasteiger partial charge in [0.2, 0.25) is 11.8 Å². The van der Waals surface area contributed by atoms with Gasteiger partial charge in [-0.1, -0.05) is 35.9 Å². The van der Waals surface area contributed by atoms with E-state index in [4.69, 9.17) is 17.3 Å². The average Bonchev–Trinajstić information content (AvgIpc) is 3.51. The molecule has 8 nitrogen and oxygen atoms in total. The molecule has 2 aromatic carbocycles. The lowest BCUT2D eigenvalue weighted by molar-refractivity contribution is -0.137. The summed E-state index contributed by atoms with van der Waals surface area (Å²) in [5.41, 5.74) is 8.12. The molecule has 1 aliphatic rings. The highest BCUT2D eigenvalue weighted by molar-refractivity contribution is 6.30. The molecule has 0 spiro atoms. The average molecular weight is 454 g/mol. The van der Waals surface area contributed by atoms with E-state index in [1.165, 1.54) is 4.68 Å². The molecule has 32 heavy (non-hydrogen) atoms. The molecule has 1 aliphatic carbocycles. The second kappa shape index (κ2) is 9.00. The number of aromatic nitrogens is 2. The first kappa shape index (κ1) is 21.8. The highest BCUT2D eigenvalue weighted by Crippen LogP contribution is 2.27. The van der Waals surface area contributed by atoms with Crippen LogP contribution in [0.15, 0.2) is 42.5 Å². The minimum atomic E-state index is -0.651. The number of para-hydroxylation sites is 1. The lowest BCUT2D eigenvalue weighted by atomic mass is 10.1. The van der Waals surface area contributed by atoms with Crippen LogP contribution in [-0.4, -0.2) is 45.0 Å². The summed E-state index contributed by atoms with van der Waals surface area (Å²) in [5, 5.41) is 8.32. The smallest absolute Gasteiger partial charge is 0.269 e. The summed E-state index contributed by atoms with van der Waals surface area (Å²) in [4.78, 5) is 39.0. The van der Waals surface area contributed by atoms with Crippen LogP contribution in [0.2, 0.25) is 5.02 Å². The normalized spacial score (nSPS) is 13.2. The number of carbonyl (C=O) groups excluding carboxylic acids is 3. The van der Waals surface area contributed by atoms with Gasteiger partial charge in [-0.15, -0.1) is 0 Å². The third-order valence-corrected chi connectivity index (χ3v) is 5.61. The molecule has 1 fully saturated rings. The first-order chi connectivity index (χ1) is 15.3. The molecule has 0 radical (unpaired) electrons. The number of primary amides is 1. The van der Waals surface area contributed by atoms with Crippen molar-refractivity contribution >= 4 is 40.2 Å². The van der Waals surface area contributed by atoms with E-state index in [0.29, 0.717) is 22.5 Å². The highest BCUT2D eigenvalue weighted by Gasteiger charge is 2.34. The first-order valence-electron chi connectivity index (χ1n) is 10.4. The van der Waals surface area contributed by atoms with Crippen molar-refractivity contribution in [2.75, 3.05) is 6.54 Å². The number of hydrogen-bond donors (Lipinski definition) is 2. The molecule has 1 heterocycles. The largest absolute Gasteiger partial charge is 0.364 e. The zero-order valence-electron chi connectivity index (χ0n) is 17.7. The Balaban J connectivity index is 1.44. The summed E-state index contributed by atoms with van der Waals surface area (Å²) in [6.07, 6.45) is 1.72. The quantitative estimate of drug-likeness (QED) is 0.545. The first-order valence-corrected chi connectivity index (χ1v) is 10.8. The molecular weight excluding hydrogens is 430 g/mol. The summed E-state index contributed by atoms with van der Waals surface area (Å²) in [7, 11) is 0. The highest BCUT2D eigenvalue weighted by atomic mass is 35.5. The van der Waals surface area contributed by atoms with Gasteiger partial charge in [0.25, 0.3) is 5.91 Å². The van der Waals surface area contributed by atoms with Gasteiger partial charge in [0.1, 0.15) is 6.54 Å². The number of hydrogen-bond acceptors (Lipinski definition) is 4. The van der Waals surface area contributed by atoms with Crippen molar-refractivity contribution in [1.82, 2.24) is 20.0 Å². The van der Waals surface area contributed by atoms with Crippen LogP contribution in [0.5, 0.6) is 0 Å². The number of fused-ring (bicyclic) bond motifs is 1. The van der Waals surface area contributed by atoms with Gasteiger partial charge in [-0.25, -0.2) is 0 Å². The van der Waals surface area contributed by atoms with Crippen molar-refractivity contribution in [3.63, 3.8) is 0 Å². The van der Waals surface area contributed by atoms with Gasteiger partial charge in [-0.05, 0) is 49.1 Å². The molecule has 1 aromatic heterocycles. The molecule has 166 valence electrons. The van der Waals surface area contributed by atoms with Gasteiger partial charge in [-0.2, -0.15) is 5.10 Å². The molecule has 0 saturated heterocycles. The van der Waals surface area contributed by atoms with Gasteiger partial charge in [0.05, 0.1) is 12.1 Å². The Morgan fingerprint density at radius 3 is 2.66 bits per heavy atom. The summed E-state index contributed by atoms with van der Waals surface area (Å²) < 4.78 is 1.47. The maximum absolute atomic E-state index is 13.1. The van der Waals surface area contributed by atoms with Crippen molar-refractivity contribution < 1.29 is 14.4 Å². The number of benzene rings is 2. The molecule has 1 saturated carbocycles.